The molecule has 1 aromatic carbocycles. The van der Waals surface area contributed by atoms with Crippen LogP contribution in [0.2, 0.25) is 0 Å². The number of nitrogens with two attached hydrogens (primary N) is 1. The lowest BCUT2D eigenvalue weighted by Gasteiger charge is -2.30. The van der Waals surface area contributed by atoms with E-state index in [1.807, 2.05) is 12.1 Å². The number of nitrogens with one attached hydrogen (secondary N) is 1. The monoisotopic (exact) mass is 446 g/mol. The van der Waals surface area contributed by atoms with Crippen LogP contribution in [0.15, 0.2) is 29.3 Å². The van der Waals surface area contributed by atoms with E-state index < -0.39 is 0 Å². The quantitative estimate of drug-likeness (QED) is 0.169. The highest BCUT2D eigenvalue weighted by molar-refractivity contribution is 5.93. The van der Waals surface area contributed by atoms with E-state index >= 15 is 0 Å². The van der Waals surface area contributed by atoms with Crippen molar-refractivity contribution < 1.29 is 4.74 Å². The number of rotatable bonds is 16. The van der Waals surface area contributed by atoms with Crippen LogP contribution in [0.1, 0.15) is 92.9 Å². The van der Waals surface area contributed by atoms with Gasteiger partial charge in [-0.2, -0.15) is 0 Å². The Labute approximate surface area is 198 Å². The molecule has 0 saturated carbocycles. The maximum atomic E-state index is 5.94. The van der Waals surface area contributed by atoms with Crippen molar-refractivity contribution in [2.24, 2.45) is 16.1 Å². The number of ether oxygens (including phenoxy) is 1. The second-order valence-electron chi connectivity index (χ2n) is 9.86. The van der Waals surface area contributed by atoms with Crippen LogP contribution in [0.25, 0.3) is 0 Å². The van der Waals surface area contributed by atoms with Gasteiger partial charge in [0.15, 0.2) is 5.96 Å². The zero-order valence-corrected chi connectivity index (χ0v) is 21.8. The van der Waals surface area contributed by atoms with Crippen LogP contribution in [0.5, 0.6) is 5.75 Å². The van der Waals surface area contributed by atoms with Crippen molar-refractivity contribution in [1.29, 1.82) is 0 Å². The lowest BCUT2D eigenvalue weighted by Crippen LogP contribution is -2.42. The van der Waals surface area contributed by atoms with E-state index in [-0.39, 0.29) is 5.41 Å². The highest BCUT2D eigenvalue weighted by Crippen LogP contribution is 2.19. The summed E-state index contributed by atoms with van der Waals surface area (Å²) in [6.45, 7) is 16.1. The molecule has 0 atom stereocenters. The summed E-state index contributed by atoms with van der Waals surface area (Å²) in [5.41, 5.74) is 6.91. The Bertz CT molecular complexity index is 625. The molecule has 5 heteroatoms. The molecule has 0 unspecified atom stereocenters. The number of unbranched alkanes of at least 4 members (excludes halogenated alkanes) is 7. The van der Waals surface area contributed by atoms with Crippen molar-refractivity contribution in [3.63, 3.8) is 0 Å². The summed E-state index contributed by atoms with van der Waals surface area (Å²) in [6, 6.07) is 8.59. The summed E-state index contributed by atoms with van der Waals surface area (Å²) >= 11 is 0. The van der Waals surface area contributed by atoms with Crippen LogP contribution in [0.3, 0.4) is 0 Å². The largest absolute Gasteiger partial charge is 0.494 e. The smallest absolute Gasteiger partial charge is 0.198 e. The van der Waals surface area contributed by atoms with Gasteiger partial charge in [-0.15, -0.1) is 0 Å². The number of hydrogen-bond donors (Lipinski definition) is 2. The van der Waals surface area contributed by atoms with Crippen LogP contribution in [-0.4, -0.2) is 43.1 Å². The first-order valence-corrected chi connectivity index (χ1v) is 12.8. The van der Waals surface area contributed by atoms with Gasteiger partial charge in [0.05, 0.1) is 6.61 Å². The van der Waals surface area contributed by atoms with Crippen LogP contribution >= 0.6 is 0 Å². The molecule has 0 heterocycles. The molecule has 3 N–H and O–H groups in total. The SMILES string of the molecule is CCCCCCCCCCOc1ccc(NC(=NCC(C)(C)CN)N(CC)C(C)C)cc1. The van der Waals surface area contributed by atoms with E-state index in [1.165, 1.54) is 44.9 Å². The first-order valence-electron chi connectivity index (χ1n) is 12.8. The van der Waals surface area contributed by atoms with Crippen molar-refractivity contribution in [2.45, 2.75) is 99.0 Å². The summed E-state index contributed by atoms with van der Waals surface area (Å²) in [4.78, 5) is 7.18. The van der Waals surface area contributed by atoms with E-state index in [0.29, 0.717) is 19.1 Å². The van der Waals surface area contributed by atoms with Crippen molar-refractivity contribution in [2.75, 3.05) is 31.6 Å². The molecule has 184 valence electrons. The minimum Gasteiger partial charge on any atom is -0.494 e. The van der Waals surface area contributed by atoms with Gasteiger partial charge >= 0.3 is 0 Å². The number of guanidine groups is 1. The summed E-state index contributed by atoms with van der Waals surface area (Å²) < 4.78 is 5.94. The minimum atomic E-state index is -0.0173. The summed E-state index contributed by atoms with van der Waals surface area (Å²) in [5, 5.41) is 3.52. The summed E-state index contributed by atoms with van der Waals surface area (Å²) in [7, 11) is 0. The molecule has 0 saturated heterocycles. The zero-order valence-electron chi connectivity index (χ0n) is 21.8. The molecule has 1 aromatic rings. The van der Waals surface area contributed by atoms with E-state index in [2.05, 4.69) is 63.9 Å². The van der Waals surface area contributed by atoms with Gasteiger partial charge in [-0.25, -0.2) is 0 Å². The van der Waals surface area contributed by atoms with Gasteiger partial charge in [0, 0.05) is 24.8 Å². The molecule has 5 nitrogen and oxygen atoms in total. The van der Waals surface area contributed by atoms with Crippen molar-refractivity contribution in [1.82, 2.24) is 4.90 Å². The summed E-state index contributed by atoms with van der Waals surface area (Å²) in [6.07, 6.45) is 10.5. The van der Waals surface area contributed by atoms with Crippen molar-refractivity contribution in [3.05, 3.63) is 24.3 Å². The maximum Gasteiger partial charge on any atom is 0.198 e. The van der Waals surface area contributed by atoms with E-state index in [4.69, 9.17) is 15.5 Å². The molecule has 0 aliphatic heterocycles. The molecule has 0 bridgehead atoms. The van der Waals surface area contributed by atoms with Crippen LogP contribution in [0.4, 0.5) is 5.69 Å². The normalized spacial score (nSPS) is 12.3. The average Bonchev–Trinajstić information content (AvgIpc) is 2.77. The number of nitrogens with zero attached hydrogens (tertiary/aromatic N) is 2. The van der Waals surface area contributed by atoms with Gasteiger partial charge in [-0.3, -0.25) is 4.99 Å². The second kappa shape index (κ2) is 16.0. The van der Waals surface area contributed by atoms with Gasteiger partial charge in [0.25, 0.3) is 0 Å². The number of anilines is 1. The highest BCUT2D eigenvalue weighted by atomic mass is 16.5. The van der Waals surface area contributed by atoms with Crippen LogP contribution in [0, 0.1) is 5.41 Å². The lowest BCUT2D eigenvalue weighted by atomic mass is 9.94. The zero-order chi connectivity index (χ0) is 23.8. The Morgan fingerprint density at radius 3 is 2.12 bits per heavy atom. The van der Waals surface area contributed by atoms with E-state index in [1.54, 1.807) is 0 Å². The fraction of sp³-hybridized carbons (Fsp3) is 0.741. The molecule has 0 fully saturated rings. The van der Waals surface area contributed by atoms with Gasteiger partial charge in [0.2, 0.25) is 0 Å². The Hall–Kier alpha value is -1.75. The number of aliphatic imine (C=N–C) groups is 1. The average molecular weight is 447 g/mol. The third-order valence-corrected chi connectivity index (χ3v) is 5.82. The fourth-order valence-corrected chi connectivity index (χ4v) is 3.50. The van der Waals surface area contributed by atoms with E-state index in [0.717, 1.165) is 37.0 Å². The molecule has 0 amide bonds. The maximum absolute atomic E-state index is 5.94. The second-order valence-corrected chi connectivity index (χ2v) is 9.86. The molecule has 1 rings (SSSR count). The topological polar surface area (TPSA) is 62.9 Å². The number of hydrogen-bond acceptors (Lipinski definition) is 3. The standard InChI is InChI=1S/C27H50N4O/c1-7-9-10-11-12-13-14-15-20-32-25-18-16-24(17-19-25)30-26(31(8-2)23(3)4)29-22-27(5,6)21-28/h16-19,23H,7-15,20-22,28H2,1-6H3,(H,29,30). The Morgan fingerprint density at radius 2 is 1.59 bits per heavy atom. The molecule has 0 spiro atoms. The molecule has 0 aliphatic rings. The van der Waals surface area contributed by atoms with Crippen LogP contribution < -0.4 is 15.8 Å². The first kappa shape index (κ1) is 28.3. The number of benzene rings is 1. The highest BCUT2D eigenvalue weighted by Gasteiger charge is 2.18. The van der Waals surface area contributed by atoms with Crippen molar-refractivity contribution in [3.8, 4) is 5.75 Å². The molecule has 0 aliphatic carbocycles. The fourth-order valence-electron chi connectivity index (χ4n) is 3.50. The van der Waals surface area contributed by atoms with Gasteiger partial charge in [-0.1, -0.05) is 65.7 Å². The van der Waals surface area contributed by atoms with Gasteiger partial charge < -0.3 is 20.7 Å². The first-order chi connectivity index (χ1) is 15.3. The molecular formula is C27H50N4O. The molecular weight excluding hydrogens is 396 g/mol. The van der Waals surface area contributed by atoms with Gasteiger partial charge in [-0.05, 0) is 63.4 Å². The van der Waals surface area contributed by atoms with Crippen LogP contribution in [-0.2, 0) is 0 Å². The predicted octanol–water partition coefficient (Wildman–Crippen LogP) is 6.69. The molecule has 32 heavy (non-hydrogen) atoms. The Kier molecular flexibility index (Phi) is 14.1. The van der Waals surface area contributed by atoms with E-state index in [9.17, 15) is 0 Å². The third kappa shape index (κ3) is 11.8. The lowest BCUT2D eigenvalue weighted by molar-refractivity contribution is 0.304. The third-order valence-electron chi connectivity index (χ3n) is 5.82. The minimum absolute atomic E-state index is 0.0173. The summed E-state index contributed by atoms with van der Waals surface area (Å²) in [5.74, 6) is 1.83. The van der Waals surface area contributed by atoms with Crippen molar-refractivity contribution >= 4 is 11.6 Å². The predicted molar refractivity (Wildman–Crippen MR) is 141 cm³/mol. The molecule has 0 aromatic heterocycles. The molecule has 0 radical (unpaired) electrons. The van der Waals surface area contributed by atoms with Gasteiger partial charge in [0.1, 0.15) is 5.75 Å². The Morgan fingerprint density at radius 1 is 1.00 bits per heavy atom. The Balaban J connectivity index is 2.54.